The maximum atomic E-state index is 12.0. The van der Waals surface area contributed by atoms with Gasteiger partial charge >= 0.3 is 0 Å². The Kier molecular flexibility index (Phi) is 3.06. The van der Waals surface area contributed by atoms with Gasteiger partial charge in [-0.3, -0.25) is 10.1 Å². The Labute approximate surface area is 114 Å². The summed E-state index contributed by atoms with van der Waals surface area (Å²) in [6.07, 6.45) is 2.34. The summed E-state index contributed by atoms with van der Waals surface area (Å²) in [6.45, 7) is 3.96. The van der Waals surface area contributed by atoms with Gasteiger partial charge in [-0.1, -0.05) is 30.3 Å². The molecule has 0 atom stereocenters. The monoisotopic (exact) mass is 278 g/mol. The minimum Gasteiger partial charge on any atom is -0.360 e. The number of carbonyl (C=O) groups excluding carboxylic acids is 1. The van der Waals surface area contributed by atoms with Gasteiger partial charge in [0.15, 0.2) is 5.69 Å². The second kappa shape index (κ2) is 4.73. The number of hydrogen-bond donors (Lipinski definition) is 1. The number of anilines is 1. The van der Waals surface area contributed by atoms with E-state index in [1.165, 1.54) is 24.2 Å². The molecule has 0 saturated heterocycles. The average Bonchev–Trinajstić information content (AvgIpc) is 2.92. The molecule has 0 unspecified atom stereocenters. The van der Waals surface area contributed by atoms with E-state index in [9.17, 15) is 4.79 Å². The Balaban J connectivity index is 1.68. The number of aromatic nitrogens is 3. The van der Waals surface area contributed by atoms with Crippen LogP contribution in [0.1, 0.15) is 59.8 Å². The first-order chi connectivity index (χ1) is 9.13. The molecule has 2 aromatic heterocycles. The molecule has 100 valence electrons. The Hall–Kier alpha value is -1.76. The highest BCUT2D eigenvalue weighted by Gasteiger charge is 2.28. The topological polar surface area (TPSA) is 80.9 Å². The second-order valence-corrected chi connectivity index (χ2v) is 5.95. The van der Waals surface area contributed by atoms with Crippen LogP contribution in [0, 0.1) is 0 Å². The Morgan fingerprint density at radius 3 is 2.89 bits per heavy atom. The van der Waals surface area contributed by atoms with Gasteiger partial charge in [0.1, 0.15) is 10.8 Å². The van der Waals surface area contributed by atoms with Gasteiger partial charge in [0.05, 0.1) is 0 Å². The summed E-state index contributed by atoms with van der Waals surface area (Å²) in [7, 11) is 0. The molecular formula is C12H14N4O2S. The molecule has 3 rings (SSSR count). The Morgan fingerprint density at radius 1 is 1.47 bits per heavy atom. The Bertz CT molecular complexity index is 600. The van der Waals surface area contributed by atoms with Crippen molar-refractivity contribution in [2.45, 2.75) is 38.5 Å². The number of amides is 1. The third kappa shape index (κ3) is 2.65. The summed E-state index contributed by atoms with van der Waals surface area (Å²) >= 11 is 1.43. The molecule has 2 heterocycles. The summed E-state index contributed by atoms with van der Waals surface area (Å²) < 4.78 is 5.09. The smallest absolute Gasteiger partial charge is 0.279 e. The minimum absolute atomic E-state index is 0.206. The predicted molar refractivity (Wildman–Crippen MR) is 70.4 cm³/mol. The number of nitrogens with zero attached hydrogens (tertiary/aromatic N) is 3. The van der Waals surface area contributed by atoms with Crippen molar-refractivity contribution in [3.05, 3.63) is 22.5 Å². The molecule has 6 nitrogen and oxygen atoms in total. The van der Waals surface area contributed by atoms with Gasteiger partial charge in [-0.25, -0.2) is 0 Å². The standard InChI is InChI=1S/C12H14N4O2S/c1-6(2)9-5-8(16-18-9)10(17)13-12-15-14-11(19-12)7-3-4-7/h5-7H,3-4H2,1-2H3,(H,13,15,17). The zero-order valence-corrected chi connectivity index (χ0v) is 11.5. The van der Waals surface area contributed by atoms with Crippen LogP contribution in [-0.2, 0) is 0 Å². The van der Waals surface area contributed by atoms with E-state index in [0.29, 0.717) is 16.8 Å². The molecule has 0 bridgehead atoms. The van der Waals surface area contributed by atoms with Crippen molar-refractivity contribution in [2.75, 3.05) is 5.32 Å². The lowest BCUT2D eigenvalue weighted by atomic mass is 10.1. The molecule has 0 spiro atoms. The molecule has 0 aromatic carbocycles. The van der Waals surface area contributed by atoms with Crippen LogP contribution in [0.15, 0.2) is 10.6 Å². The van der Waals surface area contributed by atoms with Crippen molar-refractivity contribution in [1.82, 2.24) is 15.4 Å². The van der Waals surface area contributed by atoms with E-state index in [1.54, 1.807) is 6.07 Å². The summed E-state index contributed by atoms with van der Waals surface area (Å²) in [5.74, 6) is 1.13. The van der Waals surface area contributed by atoms with Crippen LogP contribution in [0.3, 0.4) is 0 Å². The summed E-state index contributed by atoms with van der Waals surface area (Å²) in [5.41, 5.74) is 0.270. The summed E-state index contributed by atoms with van der Waals surface area (Å²) in [5, 5.41) is 16.0. The molecule has 1 aliphatic carbocycles. The van der Waals surface area contributed by atoms with Gasteiger partial charge in [0, 0.05) is 17.9 Å². The fraction of sp³-hybridized carbons (Fsp3) is 0.500. The second-order valence-electron chi connectivity index (χ2n) is 4.94. The molecule has 1 N–H and O–H groups in total. The van der Waals surface area contributed by atoms with Crippen LogP contribution in [0.25, 0.3) is 0 Å². The van der Waals surface area contributed by atoms with E-state index >= 15 is 0 Å². The van der Waals surface area contributed by atoms with Crippen molar-refractivity contribution in [1.29, 1.82) is 0 Å². The molecule has 19 heavy (non-hydrogen) atoms. The lowest BCUT2D eigenvalue weighted by molar-refractivity contribution is 0.101. The SMILES string of the molecule is CC(C)c1cc(C(=O)Nc2nnc(C3CC3)s2)no1. The van der Waals surface area contributed by atoms with Crippen molar-refractivity contribution in [2.24, 2.45) is 0 Å². The number of hydrogen-bond acceptors (Lipinski definition) is 6. The van der Waals surface area contributed by atoms with E-state index < -0.39 is 0 Å². The van der Waals surface area contributed by atoms with Gasteiger partial charge in [-0.05, 0) is 12.8 Å². The average molecular weight is 278 g/mol. The maximum Gasteiger partial charge on any atom is 0.279 e. The molecule has 0 radical (unpaired) electrons. The van der Waals surface area contributed by atoms with Crippen LogP contribution in [-0.4, -0.2) is 21.3 Å². The summed E-state index contributed by atoms with van der Waals surface area (Å²) in [4.78, 5) is 12.0. The number of carbonyl (C=O) groups is 1. The molecule has 1 fully saturated rings. The first-order valence-corrected chi connectivity index (χ1v) is 7.06. The third-order valence-electron chi connectivity index (χ3n) is 2.92. The van der Waals surface area contributed by atoms with Crippen LogP contribution < -0.4 is 5.32 Å². The van der Waals surface area contributed by atoms with Gasteiger partial charge in [-0.15, -0.1) is 10.2 Å². The van der Waals surface area contributed by atoms with E-state index in [0.717, 1.165) is 5.01 Å². The van der Waals surface area contributed by atoms with Crippen LogP contribution in [0.2, 0.25) is 0 Å². The normalized spacial score (nSPS) is 14.9. The van der Waals surface area contributed by atoms with Crippen molar-refractivity contribution in [3.8, 4) is 0 Å². The molecule has 1 amide bonds. The molecule has 0 aliphatic heterocycles. The predicted octanol–water partition coefficient (Wildman–Crippen LogP) is 2.78. The first-order valence-electron chi connectivity index (χ1n) is 6.25. The highest BCUT2D eigenvalue weighted by atomic mass is 32.1. The molecule has 2 aromatic rings. The lowest BCUT2D eigenvalue weighted by Crippen LogP contribution is -2.11. The van der Waals surface area contributed by atoms with Crippen LogP contribution >= 0.6 is 11.3 Å². The lowest BCUT2D eigenvalue weighted by Gasteiger charge is -1.95. The van der Waals surface area contributed by atoms with Crippen LogP contribution in [0.5, 0.6) is 0 Å². The van der Waals surface area contributed by atoms with Gasteiger partial charge < -0.3 is 4.52 Å². The zero-order valence-electron chi connectivity index (χ0n) is 10.7. The van der Waals surface area contributed by atoms with E-state index in [1.807, 2.05) is 13.8 Å². The minimum atomic E-state index is -0.311. The van der Waals surface area contributed by atoms with Crippen molar-refractivity contribution in [3.63, 3.8) is 0 Å². The van der Waals surface area contributed by atoms with E-state index in [-0.39, 0.29) is 17.5 Å². The van der Waals surface area contributed by atoms with Crippen molar-refractivity contribution >= 4 is 22.4 Å². The fourth-order valence-corrected chi connectivity index (χ4v) is 2.52. The Morgan fingerprint density at radius 2 is 2.26 bits per heavy atom. The summed E-state index contributed by atoms with van der Waals surface area (Å²) in [6, 6.07) is 1.66. The van der Waals surface area contributed by atoms with Gasteiger partial charge in [0.25, 0.3) is 5.91 Å². The fourth-order valence-electron chi connectivity index (χ4n) is 1.61. The zero-order chi connectivity index (χ0) is 13.4. The van der Waals surface area contributed by atoms with Crippen LogP contribution in [0.4, 0.5) is 5.13 Å². The molecule has 1 aliphatic rings. The largest absolute Gasteiger partial charge is 0.360 e. The molecular weight excluding hydrogens is 264 g/mol. The number of rotatable bonds is 4. The third-order valence-corrected chi connectivity index (χ3v) is 3.92. The quantitative estimate of drug-likeness (QED) is 0.930. The molecule has 1 saturated carbocycles. The first kappa shape index (κ1) is 12.3. The maximum absolute atomic E-state index is 12.0. The highest BCUT2D eigenvalue weighted by molar-refractivity contribution is 7.15. The number of nitrogens with one attached hydrogen (secondary N) is 1. The van der Waals surface area contributed by atoms with Gasteiger partial charge in [0.2, 0.25) is 5.13 Å². The molecule has 7 heteroatoms. The van der Waals surface area contributed by atoms with E-state index in [4.69, 9.17) is 4.52 Å². The van der Waals surface area contributed by atoms with Crippen molar-refractivity contribution < 1.29 is 9.32 Å². The highest BCUT2D eigenvalue weighted by Crippen LogP contribution is 2.42. The van der Waals surface area contributed by atoms with E-state index in [2.05, 4.69) is 20.7 Å². The van der Waals surface area contributed by atoms with Gasteiger partial charge in [-0.2, -0.15) is 0 Å².